The molecule has 1 amide bonds. The van der Waals surface area contributed by atoms with Crippen LogP contribution in [-0.2, 0) is 14.3 Å². The Morgan fingerprint density at radius 1 is 1.03 bits per heavy atom. The second kappa shape index (κ2) is 11.7. The first-order valence-electron chi connectivity index (χ1n) is 10.6. The smallest absolute Gasteiger partial charge is 0.245 e. The maximum Gasteiger partial charge on any atom is 0.245 e. The number of aromatic nitrogens is 2. The Kier molecular flexibility index (Phi) is 8.47. The third-order valence-electron chi connectivity index (χ3n) is 4.98. The summed E-state index contributed by atoms with van der Waals surface area (Å²) in [7, 11) is 6.27. The van der Waals surface area contributed by atoms with Crippen molar-refractivity contribution in [3.05, 3.63) is 54.1 Å². The van der Waals surface area contributed by atoms with E-state index >= 15 is 0 Å². The number of Topliss-reactive ketones (excluding diaryl/α,β-unsaturated/α-hetero) is 1. The standard InChI is InChI=1S/C24H29N5O5/c1-25-23(27-15-11-16(33-3)13-17(12-15)34-4)22(20(30)9-10-26-21(31)14-32-2)24-28-18-7-5-6-8-19(18)29-24/h5-8,11-13,25,27H,9-10,14H2,1-4H3,(H,26,31)(H,28,29)/b23-22+. The highest BCUT2D eigenvalue weighted by Gasteiger charge is 2.22. The van der Waals surface area contributed by atoms with Crippen molar-refractivity contribution < 1.29 is 23.8 Å². The van der Waals surface area contributed by atoms with E-state index in [0.717, 1.165) is 11.0 Å². The molecule has 0 spiro atoms. The van der Waals surface area contributed by atoms with Crippen LogP contribution in [0, 0.1) is 0 Å². The number of benzene rings is 2. The first-order chi connectivity index (χ1) is 16.5. The summed E-state index contributed by atoms with van der Waals surface area (Å²) in [6, 6.07) is 12.8. The van der Waals surface area contributed by atoms with Crippen LogP contribution in [-0.4, -0.2) is 63.2 Å². The van der Waals surface area contributed by atoms with Crippen LogP contribution in [0.4, 0.5) is 5.69 Å². The van der Waals surface area contributed by atoms with Crippen molar-refractivity contribution in [2.75, 3.05) is 46.8 Å². The number of nitrogens with zero attached hydrogens (tertiary/aromatic N) is 1. The molecule has 2 aromatic carbocycles. The van der Waals surface area contributed by atoms with Gasteiger partial charge in [0, 0.05) is 51.0 Å². The lowest BCUT2D eigenvalue weighted by atomic mass is 10.1. The molecule has 34 heavy (non-hydrogen) atoms. The third-order valence-corrected chi connectivity index (χ3v) is 4.98. The molecule has 0 aliphatic carbocycles. The predicted octanol–water partition coefficient (Wildman–Crippen LogP) is 2.30. The van der Waals surface area contributed by atoms with Gasteiger partial charge in [0.25, 0.3) is 0 Å². The van der Waals surface area contributed by atoms with Crippen LogP contribution in [0.5, 0.6) is 11.5 Å². The number of carbonyl (C=O) groups excluding carboxylic acids is 2. The third kappa shape index (κ3) is 6.04. The highest BCUT2D eigenvalue weighted by molar-refractivity contribution is 6.21. The molecule has 3 rings (SSSR count). The molecular formula is C24H29N5O5. The van der Waals surface area contributed by atoms with Crippen molar-refractivity contribution in [2.45, 2.75) is 6.42 Å². The van der Waals surface area contributed by atoms with E-state index in [1.807, 2.05) is 24.3 Å². The van der Waals surface area contributed by atoms with Crippen molar-refractivity contribution in [1.29, 1.82) is 0 Å². The van der Waals surface area contributed by atoms with Gasteiger partial charge in [0.1, 0.15) is 35.3 Å². The van der Waals surface area contributed by atoms with Gasteiger partial charge in [-0.15, -0.1) is 0 Å². The minimum Gasteiger partial charge on any atom is -0.497 e. The van der Waals surface area contributed by atoms with Gasteiger partial charge < -0.3 is 35.1 Å². The summed E-state index contributed by atoms with van der Waals surface area (Å²) in [4.78, 5) is 32.9. The number of para-hydroxylation sites is 2. The topological polar surface area (TPSA) is 127 Å². The molecule has 0 radical (unpaired) electrons. The zero-order valence-electron chi connectivity index (χ0n) is 19.7. The van der Waals surface area contributed by atoms with Crippen molar-refractivity contribution in [3.8, 4) is 11.5 Å². The zero-order chi connectivity index (χ0) is 24.5. The number of aromatic amines is 1. The maximum absolute atomic E-state index is 13.4. The number of hydrogen-bond acceptors (Lipinski definition) is 8. The molecule has 3 aromatic rings. The van der Waals surface area contributed by atoms with E-state index in [1.165, 1.54) is 7.11 Å². The van der Waals surface area contributed by atoms with Gasteiger partial charge in [-0.2, -0.15) is 0 Å². The summed E-state index contributed by atoms with van der Waals surface area (Å²) < 4.78 is 15.5. The van der Waals surface area contributed by atoms with Crippen molar-refractivity contribution in [1.82, 2.24) is 20.6 Å². The lowest BCUT2D eigenvalue weighted by molar-refractivity contribution is -0.124. The van der Waals surface area contributed by atoms with Crippen molar-refractivity contribution in [3.63, 3.8) is 0 Å². The molecule has 10 heteroatoms. The number of methoxy groups -OCH3 is 3. The number of imidazole rings is 1. The normalized spacial score (nSPS) is 11.5. The number of ketones is 1. The van der Waals surface area contributed by atoms with Crippen LogP contribution < -0.4 is 25.4 Å². The summed E-state index contributed by atoms with van der Waals surface area (Å²) in [5.74, 6) is 1.51. The summed E-state index contributed by atoms with van der Waals surface area (Å²) in [5, 5.41) is 8.98. The van der Waals surface area contributed by atoms with Gasteiger partial charge in [0.15, 0.2) is 5.78 Å². The highest BCUT2D eigenvalue weighted by atomic mass is 16.5. The minimum atomic E-state index is -0.292. The second-order valence-electron chi connectivity index (χ2n) is 7.29. The van der Waals surface area contributed by atoms with E-state index in [9.17, 15) is 9.59 Å². The van der Waals surface area contributed by atoms with E-state index in [-0.39, 0.29) is 31.3 Å². The van der Waals surface area contributed by atoms with E-state index in [0.29, 0.717) is 34.4 Å². The molecule has 4 N–H and O–H groups in total. The van der Waals surface area contributed by atoms with E-state index in [4.69, 9.17) is 14.2 Å². The number of carbonyl (C=O) groups is 2. The van der Waals surface area contributed by atoms with Crippen molar-refractivity contribution in [2.24, 2.45) is 0 Å². The Morgan fingerprint density at radius 2 is 1.74 bits per heavy atom. The van der Waals surface area contributed by atoms with E-state index < -0.39 is 0 Å². The zero-order valence-corrected chi connectivity index (χ0v) is 19.7. The molecule has 0 unspecified atom stereocenters. The molecule has 0 aliphatic rings. The van der Waals surface area contributed by atoms with Crippen LogP contribution in [0.1, 0.15) is 12.2 Å². The van der Waals surface area contributed by atoms with Gasteiger partial charge in [0.2, 0.25) is 5.91 Å². The highest BCUT2D eigenvalue weighted by Crippen LogP contribution is 2.28. The molecule has 0 atom stereocenters. The van der Waals surface area contributed by atoms with Crippen LogP contribution in [0.3, 0.4) is 0 Å². The molecule has 0 bridgehead atoms. The summed E-state index contributed by atoms with van der Waals surface area (Å²) in [5.41, 5.74) is 2.50. The molecule has 1 heterocycles. The predicted molar refractivity (Wildman–Crippen MR) is 130 cm³/mol. The van der Waals surface area contributed by atoms with Crippen molar-refractivity contribution >= 4 is 34.0 Å². The maximum atomic E-state index is 13.4. The second-order valence-corrected chi connectivity index (χ2v) is 7.29. The first-order valence-corrected chi connectivity index (χ1v) is 10.6. The monoisotopic (exact) mass is 467 g/mol. The van der Waals surface area contributed by atoms with E-state index in [2.05, 4.69) is 25.9 Å². The number of hydrogen-bond donors (Lipinski definition) is 4. The quantitative estimate of drug-likeness (QED) is 0.299. The van der Waals surface area contributed by atoms with Gasteiger partial charge in [-0.1, -0.05) is 12.1 Å². The number of nitrogens with one attached hydrogen (secondary N) is 4. The summed E-state index contributed by atoms with van der Waals surface area (Å²) in [6.07, 6.45) is 0.0656. The number of H-pyrrole nitrogens is 1. The largest absolute Gasteiger partial charge is 0.497 e. The fourth-order valence-electron chi connectivity index (χ4n) is 3.36. The van der Waals surface area contributed by atoms with E-state index in [1.54, 1.807) is 39.5 Å². The van der Waals surface area contributed by atoms with Gasteiger partial charge >= 0.3 is 0 Å². The SMILES string of the molecule is CN/C(Nc1cc(OC)cc(OC)c1)=C(/C(=O)CCNC(=O)COC)c1nc2ccccc2[nH]1. The Labute approximate surface area is 197 Å². The van der Waals surface area contributed by atoms with Gasteiger partial charge in [-0.3, -0.25) is 9.59 Å². The van der Waals surface area contributed by atoms with Gasteiger partial charge in [-0.25, -0.2) is 4.98 Å². The molecule has 180 valence electrons. The Hall–Kier alpha value is -4.05. The Balaban J connectivity index is 1.99. The van der Waals surface area contributed by atoms with Gasteiger partial charge in [-0.05, 0) is 12.1 Å². The van der Waals surface area contributed by atoms with Crippen LogP contribution >= 0.6 is 0 Å². The number of amides is 1. The molecule has 1 aromatic heterocycles. The summed E-state index contributed by atoms with van der Waals surface area (Å²) in [6.45, 7) is 0.0934. The molecule has 10 nitrogen and oxygen atoms in total. The average molecular weight is 468 g/mol. The molecule has 0 aliphatic heterocycles. The average Bonchev–Trinajstić information content (AvgIpc) is 3.27. The number of anilines is 1. The Morgan fingerprint density at radius 3 is 2.35 bits per heavy atom. The fourth-order valence-corrected chi connectivity index (χ4v) is 3.36. The minimum absolute atomic E-state index is 0.0656. The summed E-state index contributed by atoms with van der Waals surface area (Å²) >= 11 is 0. The number of fused-ring (bicyclic) bond motifs is 1. The number of rotatable bonds is 12. The van der Waals surface area contributed by atoms with Gasteiger partial charge in [0.05, 0.1) is 25.3 Å². The molecular weight excluding hydrogens is 438 g/mol. The van der Waals surface area contributed by atoms with Crippen LogP contribution in [0.2, 0.25) is 0 Å². The Bertz CT molecular complexity index is 1130. The first kappa shape index (κ1) is 24.6. The van der Waals surface area contributed by atoms with Crippen LogP contribution in [0.25, 0.3) is 16.6 Å². The number of ether oxygens (including phenoxy) is 3. The fraction of sp³-hybridized carbons (Fsp3) is 0.292. The molecule has 0 saturated carbocycles. The lowest BCUT2D eigenvalue weighted by Crippen LogP contribution is -2.30. The lowest BCUT2D eigenvalue weighted by Gasteiger charge is -2.17. The van der Waals surface area contributed by atoms with Crippen LogP contribution in [0.15, 0.2) is 48.3 Å². The molecule has 0 saturated heterocycles. The number of allylic oxidation sites excluding steroid dienone is 1. The molecule has 0 fully saturated rings.